The second kappa shape index (κ2) is 5.36. The molecule has 0 aliphatic carbocycles. The van der Waals surface area contributed by atoms with E-state index in [1.54, 1.807) is 24.3 Å². The van der Waals surface area contributed by atoms with E-state index in [9.17, 15) is 8.78 Å². The van der Waals surface area contributed by atoms with E-state index in [1.165, 1.54) is 0 Å². The molecule has 0 bridgehead atoms. The van der Waals surface area contributed by atoms with Crippen LogP contribution in [0.4, 0.5) is 25.8 Å². The van der Waals surface area contributed by atoms with Crippen molar-refractivity contribution in [1.82, 2.24) is 0 Å². The maximum atomic E-state index is 13.3. The number of benzene rings is 2. The molecule has 96 valence electrons. The van der Waals surface area contributed by atoms with Crippen molar-refractivity contribution in [1.29, 1.82) is 5.26 Å². The Morgan fingerprint density at radius 3 is 2.47 bits per heavy atom. The van der Waals surface area contributed by atoms with Crippen molar-refractivity contribution in [3.8, 4) is 6.07 Å². The molecule has 0 spiro atoms. The van der Waals surface area contributed by atoms with Crippen molar-refractivity contribution >= 4 is 17.1 Å². The number of nitrogen functional groups attached to an aromatic ring is 1. The molecule has 0 fully saturated rings. The van der Waals surface area contributed by atoms with Crippen molar-refractivity contribution in [2.24, 2.45) is 0 Å². The van der Waals surface area contributed by atoms with Crippen LogP contribution in [0.5, 0.6) is 0 Å². The van der Waals surface area contributed by atoms with Gasteiger partial charge in [0.05, 0.1) is 23.9 Å². The number of hydrogen-bond acceptors (Lipinski definition) is 3. The minimum absolute atomic E-state index is 0.137. The summed E-state index contributed by atoms with van der Waals surface area (Å²) in [5.74, 6) is -1.50. The Kier molecular flexibility index (Phi) is 3.62. The van der Waals surface area contributed by atoms with Gasteiger partial charge in [0.2, 0.25) is 0 Å². The zero-order valence-corrected chi connectivity index (χ0v) is 9.95. The van der Waals surface area contributed by atoms with Gasteiger partial charge in [0, 0.05) is 11.8 Å². The molecule has 2 aromatic carbocycles. The first-order chi connectivity index (χ1) is 9.10. The average molecular weight is 259 g/mol. The summed E-state index contributed by atoms with van der Waals surface area (Å²) in [7, 11) is 0. The van der Waals surface area contributed by atoms with Gasteiger partial charge < -0.3 is 11.1 Å². The van der Waals surface area contributed by atoms with Crippen LogP contribution in [0.15, 0.2) is 36.4 Å². The van der Waals surface area contributed by atoms with Crippen LogP contribution >= 0.6 is 0 Å². The summed E-state index contributed by atoms with van der Waals surface area (Å²) < 4.78 is 26.4. The molecule has 19 heavy (non-hydrogen) atoms. The topological polar surface area (TPSA) is 61.8 Å². The van der Waals surface area contributed by atoms with Crippen LogP contribution in [0.25, 0.3) is 0 Å². The quantitative estimate of drug-likeness (QED) is 0.831. The van der Waals surface area contributed by atoms with Crippen LogP contribution in [0.3, 0.4) is 0 Å². The van der Waals surface area contributed by atoms with Gasteiger partial charge in [-0.15, -0.1) is 0 Å². The highest BCUT2D eigenvalue weighted by Crippen LogP contribution is 2.26. The molecule has 5 heteroatoms. The Labute approximate surface area is 109 Å². The van der Waals surface area contributed by atoms with Crippen molar-refractivity contribution < 1.29 is 8.78 Å². The maximum Gasteiger partial charge on any atom is 0.151 e. The van der Waals surface area contributed by atoms with E-state index in [4.69, 9.17) is 11.0 Å². The van der Waals surface area contributed by atoms with E-state index in [-0.39, 0.29) is 11.4 Å². The second-order valence-electron chi connectivity index (χ2n) is 4.01. The number of rotatable bonds is 3. The molecule has 0 aliphatic heterocycles. The number of anilines is 3. The van der Waals surface area contributed by atoms with Gasteiger partial charge in [-0.05, 0) is 23.8 Å². The molecular weight excluding hydrogens is 248 g/mol. The van der Waals surface area contributed by atoms with E-state index in [1.807, 2.05) is 6.07 Å². The van der Waals surface area contributed by atoms with Gasteiger partial charge in [-0.3, -0.25) is 0 Å². The molecule has 0 aliphatic rings. The number of nitrogens with two attached hydrogens (primary N) is 1. The highest BCUT2D eigenvalue weighted by Gasteiger charge is 2.08. The maximum absolute atomic E-state index is 13.3. The number of nitrogens with one attached hydrogen (secondary N) is 1. The largest absolute Gasteiger partial charge is 0.395 e. The molecule has 0 saturated carbocycles. The predicted octanol–water partition coefficient (Wildman–Crippen LogP) is 3.36. The summed E-state index contributed by atoms with van der Waals surface area (Å²) in [4.78, 5) is 0. The van der Waals surface area contributed by atoms with Crippen LogP contribution in [-0.4, -0.2) is 0 Å². The number of halogens is 2. The first kappa shape index (κ1) is 12.8. The summed E-state index contributed by atoms with van der Waals surface area (Å²) in [5, 5.41) is 11.4. The van der Waals surface area contributed by atoms with E-state index in [2.05, 4.69) is 5.32 Å². The summed E-state index contributed by atoms with van der Waals surface area (Å²) >= 11 is 0. The van der Waals surface area contributed by atoms with Crippen molar-refractivity contribution in [2.75, 3.05) is 11.1 Å². The Hall–Kier alpha value is -2.61. The lowest BCUT2D eigenvalue weighted by molar-refractivity contribution is 0.587. The van der Waals surface area contributed by atoms with Crippen molar-refractivity contribution in [2.45, 2.75) is 6.42 Å². The lowest BCUT2D eigenvalue weighted by Crippen LogP contribution is -2.00. The molecule has 2 aromatic rings. The monoisotopic (exact) mass is 259 g/mol. The SMILES string of the molecule is N#CCc1ccc(Nc2cc(F)cc(F)c2N)cc1. The predicted molar refractivity (Wildman–Crippen MR) is 69.8 cm³/mol. The van der Waals surface area contributed by atoms with Crippen molar-refractivity contribution in [3.05, 3.63) is 53.6 Å². The van der Waals surface area contributed by atoms with Gasteiger partial charge in [-0.1, -0.05) is 12.1 Å². The van der Waals surface area contributed by atoms with Gasteiger partial charge in [0.15, 0.2) is 5.82 Å². The molecule has 3 N–H and O–H groups in total. The molecular formula is C14H11F2N3. The first-order valence-corrected chi connectivity index (χ1v) is 5.57. The van der Waals surface area contributed by atoms with Crippen molar-refractivity contribution in [3.63, 3.8) is 0 Å². The van der Waals surface area contributed by atoms with E-state index >= 15 is 0 Å². The molecule has 0 saturated heterocycles. The third-order valence-electron chi connectivity index (χ3n) is 2.61. The summed E-state index contributed by atoms with van der Waals surface area (Å²) in [6.45, 7) is 0. The zero-order chi connectivity index (χ0) is 13.8. The van der Waals surface area contributed by atoms with Crippen LogP contribution in [0.1, 0.15) is 5.56 Å². The fourth-order valence-electron chi connectivity index (χ4n) is 1.64. The number of nitrogens with zero attached hydrogens (tertiary/aromatic N) is 1. The van der Waals surface area contributed by atoms with Gasteiger partial charge in [-0.2, -0.15) is 5.26 Å². The Morgan fingerprint density at radius 2 is 1.84 bits per heavy atom. The Balaban J connectivity index is 2.24. The Morgan fingerprint density at radius 1 is 1.16 bits per heavy atom. The third kappa shape index (κ3) is 2.99. The lowest BCUT2D eigenvalue weighted by Gasteiger charge is -2.10. The van der Waals surface area contributed by atoms with Gasteiger partial charge in [0.1, 0.15) is 5.82 Å². The Bertz CT molecular complexity index is 630. The molecule has 0 unspecified atom stereocenters. The molecule has 0 radical (unpaired) electrons. The van der Waals surface area contributed by atoms with Crippen LogP contribution in [-0.2, 0) is 6.42 Å². The average Bonchev–Trinajstić information content (AvgIpc) is 2.38. The summed E-state index contributed by atoms with van der Waals surface area (Å²) in [6, 6.07) is 10.9. The smallest absolute Gasteiger partial charge is 0.151 e. The number of hydrogen-bond donors (Lipinski definition) is 2. The minimum Gasteiger partial charge on any atom is -0.395 e. The molecule has 0 amide bonds. The van der Waals surface area contributed by atoms with Gasteiger partial charge in [-0.25, -0.2) is 8.78 Å². The van der Waals surface area contributed by atoms with Gasteiger partial charge in [0.25, 0.3) is 0 Å². The second-order valence-corrected chi connectivity index (χ2v) is 4.01. The normalized spacial score (nSPS) is 9.95. The molecule has 3 nitrogen and oxygen atoms in total. The lowest BCUT2D eigenvalue weighted by atomic mass is 10.1. The van der Waals surface area contributed by atoms with E-state index in [0.717, 1.165) is 17.7 Å². The summed E-state index contributed by atoms with van der Waals surface area (Å²) in [5.41, 5.74) is 7.07. The molecule has 0 atom stereocenters. The fourth-order valence-corrected chi connectivity index (χ4v) is 1.64. The van der Waals surface area contributed by atoms with Crippen LogP contribution < -0.4 is 11.1 Å². The zero-order valence-electron chi connectivity index (χ0n) is 9.95. The molecule has 2 rings (SSSR count). The highest BCUT2D eigenvalue weighted by atomic mass is 19.1. The van der Waals surface area contributed by atoms with E-state index in [0.29, 0.717) is 12.1 Å². The fraction of sp³-hybridized carbons (Fsp3) is 0.0714. The number of nitriles is 1. The van der Waals surface area contributed by atoms with Crippen LogP contribution in [0, 0.1) is 23.0 Å². The molecule has 0 heterocycles. The van der Waals surface area contributed by atoms with E-state index < -0.39 is 11.6 Å². The van der Waals surface area contributed by atoms with Gasteiger partial charge >= 0.3 is 0 Å². The first-order valence-electron chi connectivity index (χ1n) is 5.57. The summed E-state index contributed by atoms with van der Waals surface area (Å²) in [6.07, 6.45) is 0.316. The minimum atomic E-state index is -0.802. The standard InChI is InChI=1S/C14H11F2N3/c15-10-7-12(16)14(18)13(8-10)19-11-3-1-9(2-4-11)5-6-17/h1-4,7-8,19H,5,18H2. The third-order valence-corrected chi connectivity index (χ3v) is 2.61. The highest BCUT2D eigenvalue weighted by molar-refractivity contribution is 5.73. The molecule has 0 aromatic heterocycles. The van der Waals surface area contributed by atoms with Crippen LogP contribution in [0.2, 0.25) is 0 Å².